The molecule has 0 bridgehead atoms. The van der Waals surface area contributed by atoms with E-state index in [4.69, 9.17) is 4.74 Å². The van der Waals surface area contributed by atoms with Crippen LogP contribution in [0.25, 0.3) is 0 Å². The summed E-state index contributed by atoms with van der Waals surface area (Å²) in [6, 6.07) is -0.352. The number of ether oxygens (including phenoxy) is 1. The van der Waals surface area contributed by atoms with Crippen LogP contribution in [0.15, 0.2) is 0 Å². The molecule has 1 heterocycles. The van der Waals surface area contributed by atoms with Gasteiger partial charge in [0.1, 0.15) is 11.6 Å². The van der Waals surface area contributed by atoms with Crippen LogP contribution in [-0.4, -0.2) is 47.6 Å². The molecule has 1 saturated heterocycles. The standard InChI is InChI=1S/C16H28N2O3/c1-12(2)21-11-7-6-10-18-13(3)14(19)17-16(15(18)20)8-4-5-9-16/h12-13H,4-11H2,1-3H3,(H,17,19). The first-order chi connectivity index (χ1) is 9.96. The maximum absolute atomic E-state index is 12.8. The molecule has 0 aromatic rings. The van der Waals surface area contributed by atoms with Crippen molar-refractivity contribution in [2.75, 3.05) is 13.2 Å². The van der Waals surface area contributed by atoms with Gasteiger partial charge in [-0.25, -0.2) is 0 Å². The fraction of sp³-hybridized carbons (Fsp3) is 0.875. The molecule has 0 aromatic carbocycles. The zero-order chi connectivity index (χ0) is 15.5. The van der Waals surface area contributed by atoms with Crippen LogP contribution in [0.2, 0.25) is 0 Å². The second-order valence-electron chi connectivity index (χ2n) is 6.58. The molecule has 5 heteroatoms. The number of hydrogen-bond acceptors (Lipinski definition) is 3. The second-order valence-corrected chi connectivity index (χ2v) is 6.58. The Hall–Kier alpha value is -1.10. The van der Waals surface area contributed by atoms with E-state index in [0.29, 0.717) is 13.2 Å². The maximum Gasteiger partial charge on any atom is 0.248 e. The molecular formula is C16H28N2O3. The van der Waals surface area contributed by atoms with Crippen molar-refractivity contribution in [3.63, 3.8) is 0 Å². The number of rotatable bonds is 6. The molecule has 1 N–H and O–H groups in total. The van der Waals surface area contributed by atoms with Crippen molar-refractivity contribution in [2.45, 2.75) is 77.0 Å². The van der Waals surface area contributed by atoms with Crippen LogP contribution in [-0.2, 0) is 14.3 Å². The third kappa shape index (κ3) is 3.57. The first-order valence-electron chi connectivity index (χ1n) is 8.21. The van der Waals surface area contributed by atoms with Gasteiger partial charge in [-0.15, -0.1) is 0 Å². The maximum atomic E-state index is 12.8. The first-order valence-corrected chi connectivity index (χ1v) is 8.21. The van der Waals surface area contributed by atoms with Crippen molar-refractivity contribution in [1.29, 1.82) is 0 Å². The minimum absolute atomic E-state index is 0.00469. The Bertz CT molecular complexity index is 389. The van der Waals surface area contributed by atoms with Crippen molar-refractivity contribution >= 4 is 11.8 Å². The second kappa shape index (κ2) is 6.77. The third-order valence-electron chi connectivity index (χ3n) is 4.58. The number of unbranched alkanes of at least 4 members (excludes halogenated alkanes) is 1. The topological polar surface area (TPSA) is 58.6 Å². The molecule has 21 heavy (non-hydrogen) atoms. The summed E-state index contributed by atoms with van der Waals surface area (Å²) >= 11 is 0. The molecule has 1 spiro atoms. The fourth-order valence-electron chi connectivity index (χ4n) is 3.30. The number of nitrogens with zero attached hydrogens (tertiary/aromatic N) is 1. The minimum Gasteiger partial charge on any atom is -0.379 e. The molecule has 2 amide bonds. The molecule has 1 atom stereocenters. The van der Waals surface area contributed by atoms with Crippen LogP contribution in [0.3, 0.4) is 0 Å². The molecular weight excluding hydrogens is 268 g/mol. The summed E-state index contributed by atoms with van der Waals surface area (Å²) in [5.74, 6) is 0.117. The van der Waals surface area contributed by atoms with Crippen LogP contribution >= 0.6 is 0 Å². The lowest BCUT2D eigenvalue weighted by molar-refractivity contribution is -0.154. The normalized spacial score (nSPS) is 25.0. The van der Waals surface area contributed by atoms with Gasteiger partial charge in [-0.3, -0.25) is 9.59 Å². The van der Waals surface area contributed by atoms with Gasteiger partial charge in [-0.1, -0.05) is 12.8 Å². The summed E-state index contributed by atoms with van der Waals surface area (Å²) in [7, 11) is 0. The van der Waals surface area contributed by atoms with Gasteiger partial charge in [0.25, 0.3) is 0 Å². The van der Waals surface area contributed by atoms with E-state index in [1.807, 2.05) is 20.8 Å². The molecule has 2 aliphatic rings. The van der Waals surface area contributed by atoms with E-state index in [2.05, 4.69) is 5.32 Å². The van der Waals surface area contributed by atoms with E-state index in [1.165, 1.54) is 0 Å². The number of carbonyl (C=O) groups excluding carboxylic acids is 2. The number of nitrogens with one attached hydrogen (secondary N) is 1. The average Bonchev–Trinajstić information content (AvgIpc) is 2.89. The molecule has 1 aliphatic carbocycles. The summed E-state index contributed by atoms with van der Waals surface area (Å²) in [5.41, 5.74) is -0.599. The molecule has 1 saturated carbocycles. The highest BCUT2D eigenvalue weighted by molar-refractivity contribution is 5.99. The van der Waals surface area contributed by atoms with Crippen molar-refractivity contribution in [3.8, 4) is 0 Å². The van der Waals surface area contributed by atoms with Gasteiger partial charge >= 0.3 is 0 Å². The highest BCUT2D eigenvalue weighted by atomic mass is 16.5. The monoisotopic (exact) mass is 296 g/mol. The number of hydrogen-bond donors (Lipinski definition) is 1. The highest BCUT2D eigenvalue weighted by Crippen LogP contribution is 2.34. The fourth-order valence-corrected chi connectivity index (χ4v) is 3.30. The predicted molar refractivity (Wildman–Crippen MR) is 80.8 cm³/mol. The van der Waals surface area contributed by atoms with Crippen molar-refractivity contribution in [2.24, 2.45) is 0 Å². The quantitative estimate of drug-likeness (QED) is 0.761. The lowest BCUT2D eigenvalue weighted by Crippen LogP contribution is -2.68. The summed E-state index contributed by atoms with van der Waals surface area (Å²) < 4.78 is 5.52. The zero-order valence-corrected chi connectivity index (χ0v) is 13.5. The lowest BCUT2D eigenvalue weighted by Gasteiger charge is -2.43. The van der Waals surface area contributed by atoms with Crippen LogP contribution in [0.5, 0.6) is 0 Å². The van der Waals surface area contributed by atoms with E-state index in [0.717, 1.165) is 38.5 Å². The van der Waals surface area contributed by atoms with Crippen molar-refractivity contribution in [3.05, 3.63) is 0 Å². The first kappa shape index (κ1) is 16.3. The molecule has 0 aromatic heterocycles. The Morgan fingerprint density at radius 2 is 1.95 bits per heavy atom. The molecule has 2 rings (SSSR count). The summed E-state index contributed by atoms with van der Waals surface area (Å²) in [6.45, 7) is 7.22. The Morgan fingerprint density at radius 3 is 2.57 bits per heavy atom. The Kier molecular flexibility index (Phi) is 5.25. The molecule has 1 unspecified atom stereocenters. The summed E-state index contributed by atoms with van der Waals surface area (Å²) in [5, 5.41) is 2.98. The summed E-state index contributed by atoms with van der Waals surface area (Å²) in [6.07, 6.45) is 5.67. The van der Waals surface area contributed by atoms with E-state index < -0.39 is 5.54 Å². The van der Waals surface area contributed by atoms with E-state index >= 15 is 0 Å². The minimum atomic E-state index is -0.599. The van der Waals surface area contributed by atoms with Gasteiger partial charge in [0, 0.05) is 13.2 Å². The Morgan fingerprint density at radius 1 is 1.29 bits per heavy atom. The highest BCUT2D eigenvalue weighted by Gasteiger charge is 2.50. The number of amides is 2. The van der Waals surface area contributed by atoms with Crippen LogP contribution in [0, 0.1) is 0 Å². The van der Waals surface area contributed by atoms with Gasteiger partial charge < -0.3 is 15.0 Å². The summed E-state index contributed by atoms with van der Waals surface area (Å²) in [4.78, 5) is 26.7. The molecule has 0 radical (unpaired) electrons. The predicted octanol–water partition coefficient (Wildman–Crippen LogP) is 1.85. The third-order valence-corrected chi connectivity index (χ3v) is 4.58. The largest absolute Gasteiger partial charge is 0.379 e. The molecule has 5 nitrogen and oxygen atoms in total. The van der Waals surface area contributed by atoms with Gasteiger partial charge in [0.15, 0.2) is 0 Å². The average molecular weight is 296 g/mol. The van der Waals surface area contributed by atoms with Gasteiger partial charge in [0.05, 0.1) is 6.10 Å². The SMILES string of the molecule is CC(C)OCCCCN1C(=O)C2(CCCC2)NC(=O)C1C. The zero-order valence-electron chi connectivity index (χ0n) is 13.5. The van der Waals surface area contributed by atoms with Crippen LogP contribution in [0.1, 0.15) is 59.3 Å². The van der Waals surface area contributed by atoms with Crippen LogP contribution in [0.4, 0.5) is 0 Å². The van der Waals surface area contributed by atoms with E-state index in [1.54, 1.807) is 4.90 Å². The Labute approximate surface area is 127 Å². The Balaban J connectivity index is 1.90. The van der Waals surface area contributed by atoms with Crippen molar-refractivity contribution in [1.82, 2.24) is 10.2 Å². The number of piperazine rings is 1. The molecule has 1 aliphatic heterocycles. The van der Waals surface area contributed by atoms with Gasteiger partial charge in [-0.05, 0) is 46.5 Å². The van der Waals surface area contributed by atoms with E-state index in [9.17, 15) is 9.59 Å². The molecule has 2 fully saturated rings. The van der Waals surface area contributed by atoms with E-state index in [-0.39, 0.29) is 24.0 Å². The molecule has 120 valence electrons. The van der Waals surface area contributed by atoms with Crippen molar-refractivity contribution < 1.29 is 14.3 Å². The lowest BCUT2D eigenvalue weighted by atomic mass is 9.91. The van der Waals surface area contributed by atoms with Gasteiger partial charge in [-0.2, -0.15) is 0 Å². The van der Waals surface area contributed by atoms with Gasteiger partial charge in [0.2, 0.25) is 11.8 Å². The van der Waals surface area contributed by atoms with Crippen LogP contribution < -0.4 is 5.32 Å². The number of carbonyl (C=O) groups is 2. The smallest absolute Gasteiger partial charge is 0.248 e.